The summed E-state index contributed by atoms with van der Waals surface area (Å²) >= 11 is 5.88. The quantitative estimate of drug-likeness (QED) is 0.700. The summed E-state index contributed by atoms with van der Waals surface area (Å²) in [5.74, 6) is -0.0867. The van der Waals surface area contributed by atoms with Crippen molar-refractivity contribution in [2.45, 2.75) is 12.8 Å². The Morgan fingerprint density at radius 1 is 0.964 bits per heavy atom. The maximum atomic E-state index is 12.7. The third-order valence-corrected chi connectivity index (χ3v) is 5.05. The van der Waals surface area contributed by atoms with E-state index in [9.17, 15) is 9.59 Å². The zero-order valence-electron chi connectivity index (χ0n) is 15.2. The van der Waals surface area contributed by atoms with Crippen LogP contribution in [0.2, 0.25) is 5.02 Å². The second-order valence-electron chi connectivity index (χ2n) is 6.77. The SMILES string of the molecule is O=C(Cc1ccc(Cl)cc1)Nc1ccc2c(c1)CCN2C(=O)c1ccccc1. The van der Waals surface area contributed by atoms with Gasteiger partial charge in [0.05, 0.1) is 6.42 Å². The van der Waals surface area contributed by atoms with Crippen LogP contribution in [0.3, 0.4) is 0 Å². The van der Waals surface area contributed by atoms with Gasteiger partial charge in [0.2, 0.25) is 5.91 Å². The van der Waals surface area contributed by atoms with Gasteiger partial charge in [0.15, 0.2) is 0 Å². The molecule has 140 valence electrons. The van der Waals surface area contributed by atoms with Crippen molar-refractivity contribution in [1.82, 2.24) is 0 Å². The molecule has 1 aliphatic rings. The fourth-order valence-corrected chi connectivity index (χ4v) is 3.55. The molecule has 3 aromatic rings. The molecule has 2 amide bonds. The highest BCUT2D eigenvalue weighted by Gasteiger charge is 2.25. The summed E-state index contributed by atoms with van der Waals surface area (Å²) in [4.78, 5) is 26.9. The smallest absolute Gasteiger partial charge is 0.258 e. The van der Waals surface area contributed by atoms with Gasteiger partial charge in [0.1, 0.15) is 0 Å². The summed E-state index contributed by atoms with van der Waals surface area (Å²) < 4.78 is 0. The molecule has 1 N–H and O–H groups in total. The molecule has 0 atom stereocenters. The van der Waals surface area contributed by atoms with E-state index in [2.05, 4.69) is 5.32 Å². The minimum atomic E-state index is -0.0857. The summed E-state index contributed by atoms with van der Waals surface area (Å²) in [6, 6.07) is 22.2. The van der Waals surface area contributed by atoms with Crippen molar-refractivity contribution in [3.63, 3.8) is 0 Å². The molecule has 0 saturated heterocycles. The molecule has 28 heavy (non-hydrogen) atoms. The van der Waals surface area contributed by atoms with E-state index in [-0.39, 0.29) is 18.2 Å². The average Bonchev–Trinajstić information content (AvgIpc) is 3.13. The van der Waals surface area contributed by atoms with Crippen LogP contribution in [-0.2, 0) is 17.6 Å². The minimum absolute atomic E-state index is 0.00104. The number of carbonyl (C=O) groups is 2. The van der Waals surface area contributed by atoms with Crippen molar-refractivity contribution in [2.75, 3.05) is 16.8 Å². The molecule has 5 heteroatoms. The van der Waals surface area contributed by atoms with Gasteiger partial charge in [-0.1, -0.05) is 41.9 Å². The van der Waals surface area contributed by atoms with Gasteiger partial charge in [0.25, 0.3) is 5.91 Å². The molecule has 1 aliphatic heterocycles. The molecule has 0 fully saturated rings. The van der Waals surface area contributed by atoms with E-state index in [1.807, 2.05) is 60.7 Å². The molecule has 4 rings (SSSR count). The molecule has 3 aromatic carbocycles. The lowest BCUT2D eigenvalue weighted by Gasteiger charge is -2.17. The number of amides is 2. The minimum Gasteiger partial charge on any atom is -0.326 e. The van der Waals surface area contributed by atoms with Crippen LogP contribution in [0.25, 0.3) is 0 Å². The Kier molecular flexibility index (Phi) is 5.13. The van der Waals surface area contributed by atoms with E-state index in [0.29, 0.717) is 17.1 Å². The number of halogens is 1. The third kappa shape index (κ3) is 3.92. The van der Waals surface area contributed by atoms with Gasteiger partial charge >= 0.3 is 0 Å². The lowest BCUT2D eigenvalue weighted by atomic mass is 10.1. The summed E-state index contributed by atoms with van der Waals surface area (Å²) in [6.07, 6.45) is 1.06. The highest BCUT2D eigenvalue weighted by molar-refractivity contribution is 6.30. The Bertz CT molecular complexity index is 1020. The van der Waals surface area contributed by atoms with Crippen LogP contribution in [-0.4, -0.2) is 18.4 Å². The van der Waals surface area contributed by atoms with Gasteiger partial charge in [-0.25, -0.2) is 0 Å². The van der Waals surface area contributed by atoms with Crippen LogP contribution in [0.4, 0.5) is 11.4 Å². The van der Waals surface area contributed by atoms with E-state index >= 15 is 0 Å². The molecular weight excluding hydrogens is 372 g/mol. The number of carbonyl (C=O) groups excluding carboxylic acids is 2. The summed E-state index contributed by atoms with van der Waals surface area (Å²) in [5, 5.41) is 3.59. The Hall–Kier alpha value is -3.11. The first kappa shape index (κ1) is 18.3. The topological polar surface area (TPSA) is 49.4 Å². The van der Waals surface area contributed by atoms with Crippen LogP contribution in [0.5, 0.6) is 0 Å². The zero-order chi connectivity index (χ0) is 19.5. The number of nitrogens with zero attached hydrogens (tertiary/aromatic N) is 1. The predicted octanol–water partition coefficient (Wildman–Crippen LogP) is 4.72. The molecular formula is C23H19ClN2O2. The van der Waals surface area contributed by atoms with Crippen molar-refractivity contribution in [3.05, 3.63) is 94.5 Å². The summed E-state index contributed by atoms with van der Waals surface area (Å²) in [6.45, 7) is 0.644. The Morgan fingerprint density at radius 3 is 2.46 bits per heavy atom. The highest BCUT2D eigenvalue weighted by atomic mass is 35.5. The number of anilines is 2. The summed E-state index contributed by atoms with van der Waals surface area (Å²) in [5.41, 5.74) is 4.29. The molecule has 1 heterocycles. The monoisotopic (exact) mass is 390 g/mol. The second kappa shape index (κ2) is 7.87. The number of fused-ring (bicyclic) bond motifs is 1. The molecule has 4 nitrogen and oxygen atoms in total. The van der Waals surface area contributed by atoms with Crippen molar-refractivity contribution >= 4 is 34.8 Å². The van der Waals surface area contributed by atoms with Crippen molar-refractivity contribution < 1.29 is 9.59 Å². The predicted molar refractivity (Wildman–Crippen MR) is 112 cm³/mol. The van der Waals surface area contributed by atoms with Crippen LogP contribution < -0.4 is 10.2 Å². The molecule has 0 spiro atoms. The van der Waals surface area contributed by atoms with Crippen LogP contribution in [0.1, 0.15) is 21.5 Å². The number of nitrogens with one attached hydrogen (secondary N) is 1. The number of rotatable bonds is 4. The zero-order valence-corrected chi connectivity index (χ0v) is 15.9. The van der Waals surface area contributed by atoms with Gasteiger partial charge in [-0.05, 0) is 60.0 Å². The maximum absolute atomic E-state index is 12.7. The standard InChI is InChI=1S/C23H19ClN2O2/c24-19-8-6-16(7-9-19)14-22(27)25-20-10-11-21-18(15-20)12-13-26(21)23(28)17-4-2-1-3-5-17/h1-11,15H,12-14H2,(H,25,27). The van der Waals surface area contributed by atoms with Crippen molar-refractivity contribution in [1.29, 1.82) is 0 Å². The largest absolute Gasteiger partial charge is 0.326 e. The fraction of sp³-hybridized carbons (Fsp3) is 0.130. The van der Waals surface area contributed by atoms with Gasteiger partial charge in [0, 0.05) is 28.5 Å². The normalized spacial score (nSPS) is 12.5. The maximum Gasteiger partial charge on any atom is 0.258 e. The highest BCUT2D eigenvalue weighted by Crippen LogP contribution is 2.31. The number of hydrogen-bond acceptors (Lipinski definition) is 2. The van der Waals surface area contributed by atoms with Crippen LogP contribution >= 0.6 is 11.6 Å². The fourth-order valence-electron chi connectivity index (χ4n) is 3.42. The van der Waals surface area contributed by atoms with E-state index in [1.54, 1.807) is 17.0 Å². The molecule has 0 bridgehead atoms. The number of benzene rings is 3. The molecule has 0 radical (unpaired) electrons. The Morgan fingerprint density at radius 2 is 1.71 bits per heavy atom. The van der Waals surface area contributed by atoms with Gasteiger partial charge < -0.3 is 10.2 Å². The molecule has 0 unspecified atom stereocenters. The van der Waals surface area contributed by atoms with Gasteiger partial charge in [-0.3, -0.25) is 9.59 Å². The average molecular weight is 391 g/mol. The molecule has 0 aliphatic carbocycles. The first-order chi connectivity index (χ1) is 13.6. The van der Waals surface area contributed by atoms with Crippen LogP contribution in [0, 0.1) is 0 Å². The van der Waals surface area contributed by atoms with Gasteiger partial charge in [-0.2, -0.15) is 0 Å². The molecule has 0 saturated carbocycles. The van der Waals surface area contributed by atoms with E-state index in [1.165, 1.54) is 0 Å². The van der Waals surface area contributed by atoms with Gasteiger partial charge in [-0.15, -0.1) is 0 Å². The lowest BCUT2D eigenvalue weighted by molar-refractivity contribution is -0.115. The van der Waals surface area contributed by atoms with E-state index in [0.717, 1.165) is 28.9 Å². The van der Waals surface area contributed by atoms with Crippen LogP contribution in [0.15, 0.2) is 72.8 Å². The molecule has 0 aromatic heterocycles. The van der Waals surface area contributed by atoms with Crippen molar-refractivity contribution in [3.8, 4) is 0 Å². The lowest BCUT2D eigenvalue weighted by Crippen LogP contribution is -2.28. The van der Waals surface area contributed by atoms with Crippen molar-refractivity contribution in [2.24, 2.45) is 0 Å². The first-order valence-corrected chi connectivity index (χ1v) is 9.52. The third-order valence-electron chi connectivity index (χ3n) is 4.80. The Labute approximate surface area is 168 Å². The first-order valence-electron chi connectivity index (χ1n) is 9.14. The Balaban J connectivity index is 1.45. The van der Waals surface area contributed by atoms with E-state index in [4.69, 9.17) is 11.6 Å². The summed E-state index contributed by atoms with van der Waals surface area (Å²) in [7, 11) is 0. The number of hydrogen-bond donors (Lipinski definition) is 1. The van der Waals surface area contributed by atoms with E-state index < -0.39 is 0 Å². The second-order valence-corrected chi connectivity index (χ2v) is 7.20.